The van der Waals surface area contributed by atoms with E-state index in [1.807, 2.05) is 24.3 Å². The van der Waals surface area contributed by atoms with Crippen LogP contribution in [-0.2, 0) is 4.79 Å². The Morgan fingerprint density at radius 2 is 2.05 bits per heavy atom. The topological polar surface area (TPSA) is 78.4 Å². The summed E-state index contributed by atoms with van der Waals surface area (Å²) in [5.74, 6) is 0.160. The molecule has 6 heteroatoms. The lowest BCUT2D eigenvalue weighted by molar-refractivity contribution is -0.138. The Morgan fingerprint density at radius 1 is 1.37 bits per heavy atom. The molecule has 100 valence electrons. The third-order valence-corrected chi connectivity index (χ3v) is 3.08. The summed E-state index contributed by atoms with van der Waals surface area (Å²) < 4.78 is 0. The van der Waals surface area contributed by atoms with Gasteiger partial charge in [-0.25, -0.2) is 9.78 Å². The van der Waals surface area contributed by atoms with Crippen LogP contribution in [0.5, 0.6) is 0 Å². The molecule has 0 bridgehead atoms. The van der Waals surface area contributed by atoms with Crippen LogP contribution < -0.4 is 10.2 Å². The maximum atomic E-state index is 11.0. The van der Waals surface area contributed by atoms with Crippen molar-refractivity contribution in [1.29, 1.82) is 0 Å². The van der Waals surface area contributed by atoms with E-state index in [9.17, 15) is 4.79 Å². The number of hydrogen-bond acceptors (Lipinski definition) is 5. The van der Waals surface area contributed by atoms with Gasteiger partial charge in [0.15, 0.2) is 0 Å². The Morgan fingerprint density at radius 3 is 2.68 bits per heavy atom. The number of carboxylic acids is 1. The summed E-state index contributed by atoms with van der Waals surface area (Å²) >= 11 is 0. The molecule has 1 unspecified atom stereocenters. The van der Waals surface area contributed by atoms with Crippen LogP contribution in [0.1, 0.15) is 6.92 Å². The molecule has 0 saturated heterocycles. The normalized spacial score (nSPS) is 12.2. The predicted molar refractivity (Wildman–Crippen MR) is 74.6 cm³/mol. The number of carbonyl (C=O) groups is 1. The monoisotopic (exact) mass is 260 g/mol. The first-order valence-electron chi connectivity index (χ1n) is 5.94. The molecule has 1 atom stereocenters. The summed E-state index contributed by atoms with van der Waals surface area (Å²) in [5, 5.41) is 13.0. The van der Waals surface area contributed by atoms with Crippen molar-refractivity contribution in [1.82, 2.24) is 9.97 Å². The standard InChI is InChI=1S/C13H16N4O2/c1-8(12(18)19)17(3)13-15-10-7-5-4-6-9(10)11(14-2)16-13/h4-8H,1-3H3,(H,18,19)(H,14,15,16). The summed E-state index contributed by atoms with van der Waals surface area (Å²) in [6, 6.07) is 6.91. The Balaban J connectivity index is 2.53. The van der Waals surface area contributed by atoms with Crippen LogP contribution >= 0.6 is 0 Å². The first kappa shape index (κ1) is 13.1. The SMILES string of the molecule is CNc1nc(N(C)C(C)C(=O)O)nc2ccccc12. The minimum atomic E-state index is -0.912. The molecule has 2 rings (SSSR count). The van der Waals surface area contributed by atoms with E-state index in [1.165, 1.54) is 4.90 Å². The molecular formula is C13H16N4O2. The number of aromatic nitrogens is 2. The lowest BCUT2D eigenvalue weighted by Gasteiger charge is -2.22. The quantitative estimate of drug-likeness (QED) is 0.869. The van der Waals surface area contributed by atoms with Crippen molar-refractivity contribution in [3.8, 4) is 0 Å². The molecule has 0 spiro atoms. The van der Waals surface area contributed by atoms with Crippen LogP contribution in [0.4, 0.5) is 11.8 Å². The van der Waals surface area contributed by atoms with Crippen molar-refractivity contribution in [3.05, 3.63) is 24.3 Å². The van der Waals surface area contributed by atoms with E-state index in [4.69, 9.17) is 5.11 Å². The van der Waals surface area contributed by atoms with E-state index in [-0.39, 0.29) is 0 Å². The summed E-state index contributed by atoms with van der Waals surface area (Å²) in [4.78, 5) is 21.3. The number of likely N-dealkylation sites (N-methyl/N-ethyl adjacent to an activating group) is 1. The molecule has 0 saturated carbocycles. The molecule has 19 heavy (non-hydrogen) atoms. The number of fused-ring (bicyclic) bond motifs is 1. The fourth-order valence-electron chi connectivity index (χ4n) is 1.75. The second-order valence-corrected chi connectivity index (χ2v) is 4.26. The highest BCUT2D eigenvalue weighted by atomic mass is 16.4. The lowest BCUT2D eigenvalue weighted by Crippen LogP contribution is -2.37. The molecule has 0 aliphatic rings. The summed E-state index contributed by atoms with van der Waals surface area (Å²) in [7, 11) is 3.45. The van der Waals surface area contributed by atoms with Crippen molar-refractivity contribution < 1.29 is 9.90 Å². The Labute approximate surface area is 111 Å². The molecule has 1 heterocycles. The Hall–Kier alpha value is -2.37. The first-order chi connectivity index (χ1) is 9.04. The summed E-state index contributed by atoms with van der Waals surface area (Å²) in [6.07, 6.45) is 0. The van der Waals surface area contributed by atoms with E-state index in [1.54, 1.807) is 21.0 Å². The number of aliphatic carboxylic acids is 1. The number of hydrogen-bond donors (Lipinski definition) is 2. The third-order valence-electron chi connectivity index (χ3n) is 3.08. The molecule has 0 aliphatic carbocycles. The number of nitrogens with zero attached hydrogens (tertiary/aromatic N) is 3. The van der Waals surface area contributed by atoms with Crippen molar-refractivity contribution >= 4 is 28.6 Å². The van der Waals surface area contributed by atoms with Gasteiger partial charge in [-0.2, -0.15) is 4.98 Å². The van der Waals surface area contributed by atoms with Gasteiger partial charge in [0.05, 0.1) is 5.52 Å². The number of anilines is 2. The van der Waals surface area contributed by atoms with Gasteiger partial charge in [-0.1, -0.05) is 12.1 Å². The van der Waals surface area contributed by atoms with Crippen LogP contribution in [0.3, 0.4) is 0 Å². The van der Waals surface area contributed by atoms with E-state index < -0.39 is 12.0 Å². The fraction of sp³-hybridized carbons (Fsp3) is 0.308. The van der Waals surface area contributed by atoms with Crippen LogP contribution in [-0.4, -0.2) is 41.2 Å². The molecule has 0 aliphatic heterocycles. The van der Waals surface area contributed by atoms with Gasteiger partial charge >= 0.3 is 5.97 Å². The third kappa shape index (κ3) is 2.42. The summed E-state index contributed by atoms with van der Waals surface area (Å²) in [5.41, 5.74) is 0.779. The van der Waals surface area contributed by atoms with Crippen LogP contribution in [0, 0.1) is 0 Å². The number of rotatable bonds is 4. The van der Waals surface area contributed by atoms with Gasteiger partial charge in [0.1, 0.15) is 11.9 Å². The summed E-state index contributed by atoms with van der Waals surface area (Å²) in [6.45, 7) is 1.60. The predicted octanol–water partition coefficient (Wildman–Crippen LogP) is 1.58. The van der Waals surface area contributed by atoms with Gasteiger partial charge in [0.25, 0.3) is 0 Å². The zero-order valence-electron chi connectivity index (χ0n) is 11.1. The van der Waals surface area contributed by atoms with Gasteiger partial charge in [-0.3, -0.25) is 0 Å². The van der Waals surface area contributed by atoms with E-state index in [0.29, 0.717) is 11.8 Å². The number of para-hydroxylation sites is 1. The van der Waals surface area contributed by atoms with Gasteiger partial charge in [-0.05, 0) is 19.1 Å². The van der Waals surface area contributed by atoms with Gasteiger partial charge in [0.2, 0.25) is 5.95 Å². The largest absolute Gasteiger partial charge is 0.480 e. The van der Waals surface area contributed by atoms with Crippen molar-refractivity contribution in [2.24, 2.45) is 0 Å². The zero-order valence-corrected chi connectivity index (χ0v) is 11.1. The second kappa shape index (κ2) is 5.09. The van der Waals surface area contributed by atoms with E-state index in [2.05, 4.69) is 15.3 Å². The highest BCUT2D eigenvalue weighted by molar-refractivity contribution is 5.90. The fourth-order valence-corrected chi connectivity index (χ4v) is 1.75. The van der Waals surface area contributed by atoms with E-state index in [0.717, 1.165) is 10.9 Å². The lowest BCUT2D eigenvalue weighted by atomic mass is 10.2. The molecule has 2 aromatic rings. The molecule has 0 radical (unpaired) electrons. The number of nitrogens with one attached hydrogen (secondary N) is 1. The smallest absolute Gasteiger partial charge is 0.326 e. The minimum absolute atomic E-state index is 0.387. The second-order valence-electron chi connectivity index (χ2n) is 4.26. The molecule has 1 aromatic carbocycles. The minimum Gasteiger partial charge on any atom is -0.480 e. The zero-order chi connectivity index (χ0) is 14.0. The first-order valence-corrected chi connectivity index (χ1v) is 5.94. The molecule has 1 aromatic heterocycles. The average molecular weight is 260 g/mol. The molecule has 0 fully saturated rings. The Bertz CT molecular complexity index is 615. The maximum Gasteiger partial charge on any atom is 0.326 e. The maximum absolute atomic E-state index is 11.0. The Kier molecular flexibility index (Phi) is 3.50. The van der Waals surface area contributed by atoms with Crippen molar-refractivity contribution in [2.45, 2.75) is 13.0 Å². The molecule has 0 amide bonds. The average Bonchev–Trinajstić information content (AvgIpc) is 2.44. The van der Waals surface area contributed by atoms with Crippen molar-refractivity contribution in [2.75, 3.05) is 24.3 Å². The van der Waals surface area contributed by atoms with E-state index >= 15 is 0 Å². The van der Waals surface area contributed by atoms with Gasteiger partial charge in [0, 0.05) is 19.5 Å². The number of carboxylic acid groups (broad SMARTS) is 1. The van der Waals surface area contributed by atoms with Crippen LogP contribution in [0.2, 0.25) is 0 Å². The van der Waals surface area contributed by atoms with Gasteiger partial charge < -0.3 is 15.3 Å². The van der Waals surface area contributed by atoms with Crippen molar-refractivity contribution in [3.63, 3.8) is 0 Å². The van der Waals surface area contributed by atoms with Crippen LogP contribution in [0.25, 0.3) is 10.9 Å². The molecular weight excluding hydrogens is 244 g/mol. The molecule has 6 nitrogen and oxygen atoms in total. The molecule has 2 N–H and O–H groups in total. The van der Waals surface area contributed by atoms with Crippen LogP contribution in [0.15, 0.2) is 24.3 Å². The number of benzene rings is 1. The highest BCUT2D eigenvalue weighted by Crippen LogP contribution is 2.23. The highest BCUT2D eigenvalue weighted by Gasteiger charge is 2.20. The van der Waals surface area contributed by atoms with Gasteiger partial charge in [-0.15, -0.1) is 0 Å².